The Bertz CT molecular complexity index is 672. The van der Waals surface area contributed by atoms with Gasteiger partial charge in [-0.05, 0) is 36.4 Å². The van der Waals surface area contributed by atoms with Crippen molar-refractivity contribution in [2.24, 2.45) is 0 Å². The van der Waals surface area contributed by atoms with Crippen molar-refractivity contribution in [1.29, 1.82) is 0 Å². The largest absolute Gasteiger partial charge is 0.373 e. The number of Topliss-reactive ketones (excluding diaryl/α,β-unsaturated/α-hetero) is 1. The summed E-state index contributed by atoms with van der Waals surface area (Å²) in [5.41, 5.74) is 1.68. The van der Waals surface area contributed by atoms with Crippen molar-refractivity contribution in [2.75, 3.05) is 25.0 Å². The minimum absolute atomic E-state index is 0.0526. The van der Waals surface area contributed by atoms with Crippen LogP contribution in [0.3, 0.4) is 0 Å². The standard InChI is InChI=1S/C19H21ClN2O2/c1-22(17-5-3-2-4-6-17)14-13-21-19(24)12-11-18(23)15-7-9-16(20)10-8-15/h2-10H,11-14H2,1H3,(H,21,24). The lowest BCUT2D eigenvalue weighted by Gasteiger charge is -2.19. The molecule has 0 saturated carbocycles. The van der Waals surface area contributed by atoms with Gasteiger partial charge in [-0.25, -0.2) is 0 Å². The second-order valence-corrected chi connectivity index (χ2v) is 5.97. The third-order valence-corrected chi connectivity index (χ3v) is 3.96. The zero-order valence-electron chi connectivity index (χ0n) is 13.7. The SMILES string of the molecule is CN(CCNC(=O)CCC(=O)c1ccc(Cl)cc1)c1ccccc1. The normalized spacial score (nSPS) is 10.2. The highest BCUT2D eigenvalue weighted by molar-refractivity contribution is 6.30. The van der Waals surface area contributed by atoms with Crippen LogP contribution in [0.5, 0.6) is 0 Å². The number of rotatable bonds is 8. The number of ketones is 1. The van der Waals surface area contributed by atoms with Crippen molar-refractivity contribution in [3.63, 3.8) is 0 Å². The predicted molar refractivity (Wildman–Crippen MR) is 97.7 cm³/mol. The highest BCUT2D eigenvalue weighted by Gasteiger charge is 2.09. The Morgan fingerprint density at radius 1 is 1.00 bits per heavy atom. The second-order valence-electron chi connectivity index (χ2n) is 5.54. The zero-order chi connectivity index (χ0) is 17.4. The fourth-order valence-electron chi connectivity index (χ4n) is 2.27. The Labute approximate surface area is 147 Å². The van der Waals surface area contributed by atoms with Crippen LogP contribution in [0, 0.1) is 0 Å². The van der Waals surface area contributed by atoms with Gasteiger partial charge in [0.2, 0.25) is 5.91 Å². The first kappa shape index (κ1) is 18.0. The number of para-hydroxylation sites is 1. The predicted octanol–water partition coefficient (Wildman–Crippen LogP) is 3.56. The van der Waals surface area contributed by atoms with E-state index in [1.54, 1.807) is 24.3 Å². The van der Waals surface area contributed by atoms with Gasteiger partial charge in [0, 0.05) is 49.3 Å². The van der Waals surface area contributed by atoms with Crippen LogP contribution in [-0.2, 0) is 4.79 Å². The van der Waals surface area contributed by atoms with Crippen LogP contribution in [0.25, 0.3) is 0 Å². The zero-order valence-corrected chi connectivity index (χ0v) is 14.4. The Morgan fingerprint density at radius 3 is 2.33 bits per heavy atom. The maximum atomic E-state index is 12.0. The van der Waals surface area contributed by atoms with Crippen LogP contribution in [0.1, 0.15) is 23.2 Å². The number of anilines is 1. The molecule has 0 spiro atoms. The van der Waals surface area contributed by atoms with Gasteiger partial charge in [-0.15, -0.1) is 0 Å². The molecule has 0 fully saturated rings. The van der Waals surface area contributed by atoms with Crippen LogP contribution in [0.2, 0.25) is 5.02 Å². The highest BCUT2D eigenvalue weighted by Crippen LogP contribution is 2.12. The number of halogens is 1. The van der Waals surface area contributed by atoms with Crippen LogP contribution < -0.4 is 10.2 Å². The molecule has 2 aromatic rings. The summed E-state index contributed by atoms with van der Waals surface area (Å²) in [6.45, 7) is 1.25. The molecule has 0 aliphatic heterocycles. The van der Waals surface area contributed by atoms with Gasteiger partial charge in [0.05, 0.1) is 0 Å². The molecule has 4 nitrogen and oxygen atoms in total. The molecular weight excluding hydrogens is 324 g/mol. The molecule has 0 radical (unpaired) electrons. The lowest BCUT2D eigenvalue weighted by Crippen LogP contribution is -2.33. The molecule has 0 saturated heterocycles. The Morgan fingerprint density at radius 2 is 1.67 bits per heavy atom. The summed E-state index contributed by atoms with van der Waals surface area (Å²) >= 11 is 5.79. The van der Waals surface area contributed by atoms with Gasteiger partial charge in [-0.3, -0.25) is 9.59 Å². The molecule has 0 aromatic heterocycles. The van der Waals surface area contributed by atoms with Crippen molar-refractivity contribution >= 4 is 29.0 Å². The van der Waals surface area contributed by atoms with Gasteiger partial charge in [0.1, 0.15) is 0 Å². The summed E-state index contributed by atoms with van der Waals surface area (Å²) < 4.78 is 0. The Balaban J connectivity index is 1.68. The molecule has 0 bridgehead atoms. The number of benzene rings is 2. The lowest BCUT2D eigenvalue weighted by atomic mass is 10.1. The third kappa shape index (κ3) is 5.70. The monoisotopic (exact) mass is 344 g/mol. The minimum atomic E-state index is -0.112. The van der Waals surface area contributed by atoms with Crippen molar-refractivity contribution in [3.8, 4) is 0 Å². The van der Waals surface area contributed by atoms with Crippen LogP contribution in [0.15, 0.2) is 54.6 Å². The maximum absolute atomic E-state index is 12.0. The summed E-state index contributed by atoms with van der Waals surface area (Å²) in [5, 5.41) is 3.43. The number of likely N-dealkylation sites (N-methyl/N-ethyl adjacent to an activating group) is 1. The van der Waals surface area contributed by atoms with Crippen molar-refractivity contribution in [2.45, 2.75) is 12.8 Å². The van der Waals surface area contributed by atoms with E-state index in [9.17, 15) is 9.59 Å². The van der Waals surface area contributed by atoms with E-state index in [4.69, 9.17) is 11.6 Å². The molecule has 5 heteroatoms. The van der Waals surface area contributed by atoms with Gasteiger partial charge in [-0.2, -0.15) is 0 Å². The number of carbonyl (C=O) groups is 2. The number of amides is 1. The number of hydrogen-bond acceptors (Lipinski definition) is 3. The van der Waals surface area contributed by atoms with E-state index in [1.165, 1.54) is 0 Å². The fourth-order valence-corrected chi connectivity index (χ4v) is 2.40. The topological polar surface area (TPSA) is 49.4 Å². The first-order valence-electron chi connectivity index (χ1n) is 7.88. The summed E-state index contributed by atoms with van der Waals surface area (Å²) in [6, 6.07) is 16.7. The van der Waals surface area contributed by atoms with Gasteiger partial charge in [-0.1, -0.05) is 29.8 Å². The molecule has 126 valence electrons. The Kier molecular flexibility index (Phi) is 6.82. The first-order chi connectivity index (χ1) is 11.6. The molecule has 2 aromatic carbocycles. The van der Waals surface area contributed by atoms with E-state index >= 15 is 0 Å². The summed E-state index contributed by atoms with van der Waals surface area (Å²) in [4.78, 5) is 25.9. The summed E-state index contributed by atoms with van der Waals surface area (Å²) in [5.74, 6) is -0.165. The molecule has 0 aliphatic rings. The Hall–Kier alpha value is -2.33. The number of carbonyl (C=O) groups excluding carboxylic acids is 2. The van der Waals surface area contributed by atoms with Gasteiger partial charge in [0.25, 0.3) is 0 Å². The van der Waals surface area contributed by atoms with E-state index in [0.717, 1.165) is 5.69 Å². The number of hydrogen-bond donors (Lipinski definition) is 1. The third-order valence-electron chi connectivity index (χ3n) is 3.71. The van der Waals surface area contributed by atoms with Gasteiger partial charge >= 0.3 is 0 Å². The molecule has 0 atom stereocenters. The average molecular weight is 345 g/mol. The van der Waals surface area contributed by atoms with E-state index in [1.807, 2.05) is 37.4 Å². The van der Waals surface area contributed by atoms with Crippen molar-refractivity contribution in [1.82, 2.24) is 5.32 Å². The molecule has 1 amide bonds. The van der Waals surface area contributed by atoms with E-state index < -0.39 is 0 Å². The van der Waals surface area contributed by atoms with E-state index in [2.05, 4.69) is 10.2 Å². The molecule has 2 rings (SSSR count). The fraction of sp³-hybridized carbons (Fsp3) is 0.263. The molecule has 24 heavy (non-hydrogen) atoms. The van der Waals surface area contributed by atoms with Crippen LogP contribution in [-0.4, -0.2) is 31.8 Å². The van der Waals surface area contributed by atoms with Crippen molar-refractivity contribution in [3.05, 3.63) is 65.2 Å². The van der Waals surface area contributed by atoms with E-state index in [0.29, 0.717) is 23.7 Å². The number of nitrogens with one attached hydrogen (secondary N) is 1. The molecule has 0 unspecified atom stereocenters. The lowest BCUT2D eigenvalue weighted by molar-refractivity contribution is -0.121. The first-order valence-corrected chi connectivity index (χ1v) is 8.25. The van der Waals surface area contributed by atoms with Gasteiger partial charge in [0.15, 0.2) is 5.78 Å². The molecule has 0 heterocycles. The summed E-state index contributed by atoms with van der Waals surface area (Å²) in [7, 11) is 1.98. The summed E-state index contributed by atoms with van der Waals surface area (Å²) in [6.07, 6.45) is 0.387. The minimum Gasteiger partial charge on any atom is -0.373 e. The molecule has 0 aliphatic carbocycles. The van der Waals surface area contributed by atoms with Crippen molar-refractivity contribution < 1.29 is 9.59 Å². The van der Waals surface area contributed by atoms with Crippen LogP contribution >= 0.6 is 11.6 Å². The van der Waals surface area contributed by atoms with E-state index in [-0.39, 0.29) is 24.5 Å². The average Bonchev–Trinajstić information content (AvgIpc) is 2.61. The quantitative estimate of drug-likeness (QED) is 0.745. The smallest absolute Gasteiger partial charge is 0.220 e. The molecular formula is C19H21ClN2O2. The second kappa shape index (κ2) is 9.08. The number of nitrogens with zero attached hydrogens (tertiary/aromatic N) is 1. The molecule has 1 N–H and O–H groups in total. The highest BCUT2D eigenvalue weighted by atomic mass is 35.5. The van der Waals surface area contributed by atoms with Gasteiger partial charge < -0.3 is 10.2 Å². The van der Waals surface area contributed by atoms with Crippen LogP contribution in [0.4, 0.5) is 5.69 Å². The maximum Gasteiger partial charge on any atom is 0.220 e.